The van der Waals surface area contributed by atoms with Crippen molar-refractivity contribution in [2.45, 2.75) is 13.3 Å². The number of nitrogens with one attached hydrogen (secondary N) is 1. The molecule has 1 saturated carbocycles. The van der Waals surface area contributed by atoms with E-state index in [1.54, 1.807) is 25.1 Å². The van der Waals surface area contributed by atoms with E-state index in [1.165, 1.54) is 0 Å². The Hall–Kier alpha value is -2.67. The molecular weight excluding hydrogens is 384 g/mol. The molecule has 28 heavy (non-hydrogen) atoms. The minimum Gasteiger partial charge on any atom is -0.454 e. The second kappa shape index (κ2) is 7.05. The van der Waals surface area contributed by atoms with E-state index in [0.717, 1.165) is 11.3 Å². The Labute approximate surface area is 166 Å². The Morgan fingerprint density at radius 3 is 2.46 bits per heavy atom. The first-order valence-electron chi connectivity index (χ1n) is 9.11. The number of imide groups is 1. The van der Waals surface area contributed by atoms with Crippen LogP contribution in [0.1, 0.15) is 12.0 Å². The van der Waals surface area contributed by atoms with Gasteiger partial charge >= 0.3 is 5.97 Å². The molecule has 0 unspecified atom stereocenters. The van der Waals surface area contributed by atoms with Crippen molar-refractivity contribution in [3.8, 4) is 0 Å². The van der Waals surface area contributed by atoms with Gasteiger partial charge in [0.25, 0.3) is 5.91 Å². The predicted molar refractivity (Wildman–Crippen MR) is 100 cm³/mol. The molecule has 0 spiro atoms. The summed E-state index contributed by atoms with van der Waals surface area (Å²) in [4.78, 5) is 50.2. The van der Waals surface area contributed by atoms with Crippen LogP contribution < -0.4 is 5.32 Å². The maximum absolute atomic E-state index is 12.5. The highest BCUT2D eigenvalue weighted by Gasteiger charge is 2.59. The standard InChI is InChI=1S/C20H19ClN2O5/c1-10-13(21)3-2-4-14(10)22-15(24)9-28-16(25)8-23-19(26)17-11-5-6-12(7-11)18(17)20(23)27/h2-6,11-12,17-18H,7-9H2,1H3,(H,22,24)/t11-,12+,17-,18-/m0/s1. The smallest absolute Gasteiger partial charge is 0.326 e. The number of nitrogens with zero attached hydrogens (tertiary/aromatic N) is 1. The summed E-state index contributed by atoms with van der Waals surface area (Å²) < 4.78 is 4.95. The van der Waals surface area contributed by atoms with Gasteiger partial charge in [-0.1, -0.05) is 29.8 Å². The average molecular weight is 403 g/mol. The van der Waals surface area contributed by atoms with Crippen LogP contribution in [0, 0.1) is 30.6 Å². The van der Waals surface area contributed by atoms with Crippen molar-refractivity contribution >= 4 is 41.0 Å². The van der Waals surface area contributed by atoms with E-state index in [-0.39, 0.29) is 35.5 Å². The van der Waals surface area contributed by atoms with Gasteiger partial charge in [0, 0.05) is 10.7 Å². The first kappa shape index (κ1) is 18.7. The molecule has 1 saturated heterocycles. The summed E-state index contributed by atoms with van der Waals surface area (Å²) >= 11 is 6.00. The molecule has 3 amide bonds. The van der Waals surface area contributed by atoms with Gasteiger partial charge in [-0.2, -0.15) is 0 Å². The molecule has 7 nitrogen and oxygen atoms in total. The molecule has 2 aliphatic carbocycles. The Balaban J connectivity index is 1.30. The summed E-state index contributed by atoms with van der Waals surface area (Å²) in [5.41, 5.74) is 1.22. The molecule has 3 aliphatic rings. The summed E-state index contributed by atoms with van der Waals surface area (Å²) in [6.45, 7) is 0.779. The predicted octanol–water partition coefficient (Wildman–Crippen LogP) is 1.94. The van der Waals surface area contributed by atoms with Crippen molar-refractivity contribution < 1.29 is 23.9 Å². The maximum atomic E-state index is 12.5. The lowest BCUT2D eigenvalue weighted by Gasteiger charge is -2.16. The van der Waals surface area contributed by atoms with Crippen LogP contribution in [0.2, 0.25) is 5.02 Å². The first-order valence-corrected chi connectivity index (χ1v) is 9.48. The van der Waals surface area contributed by atoms with Crippen molar-refractivity contribution in [1.82, 2.24) is 4.90 Å². The second-order valence-corrected chi connectivity index (χ2v) is 7.79. The molecular formula is C20H19ClN2O5. The third-order valence-electron chi connectivity index (χ3n) is 5.75. The third kappa shape index (κ3) is 3.09. The Morgan fingerprint density at radius 1 is 1.18 bits per heavy atom. The van der Waals surface area contributed by atoms with Crippen molar-refractivity contribution in [2.75, 3.05) is 18.5 Å². The van der Waals surface area contributed by atoms with Gasteiger partial charge in [-0.25, -0.2) is 0 Å². The summed E-state index contributed by atoms with van der Waals surface area (Å²) in [5, 5.41) is 3.12. The Kier molecular flexibility index (Phi) is 4.71. The summed E-state index contributed by atoms with van der Waals surface area (Å²) in [6, 6.07) is 5.08. The molecule has 4 atom stereocenters. The number of amides is 3. The minimum atomic E-state index is -0.792. The fraction of sp³-hybridized carbons (Fsp3) is 0.400. The quantitative estimate of drug-likeness (QED) is 0.461. The van der Waals surface area contributed by atoms with Gasteiger partial charge in [-0.3, -0.25) is 24.1 Å². The van der Waals surface area contributed by atoms with Crippen LogP contribution in [0.3, 0.4) is 0 Å². The molecule has 4 rings (SSSR count). The lowest BCUT2D eigenvalue weighted by Crippen LogP contribution is -2.38. The van der Waals surface area contributed by atoms with Gasteiger partial charge in [-0.05, 0) is 42.9 Å². The molecule has 0 aromatic heterocycles. The van der Waals surface area contributed by atoms with E-state index in [4.69, 9.17) is 16.3 Å². The molecule has 1 heterocycles. The number of ether oxygens (including phenoxy) is 1. The van der Waals surface area contributed by atoms with E-state index in [9.17, 15) is 19.2 Å². The number of likely N-dealkylation sites (tertiary alicyclic amines) is 1. The largest absolute Gasteiger partial charge is 0.454 e. The zero-order chi connectivity index (χ0) is 20.0. The van der Waals surface area contributed by atoms with Gasteiger partial charge in [0.05, 0.1) is 11.8 Å². The SMILES string of the molecule is Cc1c(Cl)cccc1NC(=O)COC(=O)CN1C(=O)[C@@H]2[C@@H](C1=O)[C@H]1C=C[C@@H]2C1. The highest BCUT2D eigenvalue weighted by Crippen LogP contribution is 2.52. The number of benzene rings is 1. The van der Waals surface area contributed by atoms with Gasteiger partial charge in [0.15, 0.2) is 6.61 Å². The summed E-state index contributed by atoms with van der Waals surface area (Å²) in [7, 11) is 0. The van der Waals surface area contributed by atoms with Gasteiger partial charge < -0.3 is 10.1 Å². The zero-order valence-corrected chi connectivity index (χ0v) is 15.9. The highest BCUT2D eigenvalue weighted by atomic mass is 35.5. The Morgan fingerprint density at radius 2 is 1.82 bits per heavy atom. The summed E-state index contributed by atoms with van der Waals surface area (Å²) in [5.74, 6) is -2.50. The first-order chi connectivity index (χ1) is 13.4. The number of hydrogen-bond donors (Lipinski definition) is 1. The normalized spacial score (nSPS) is 27.3. The van der Waals surface area contributed by atoms with E-state index in [1.807, 2.05) is 12.2 Å². The fourth-order valence-corrected chi connectivity index (χ4v) is 4.54. The van der Waals surface area contributed by atoms with Crippen molar-refractivity contribution in [3.63, 3.8) is 0 Å². The number of hydrogen-bond acceptors (Lipinski definition) is 5. The van der Waals surface area contributed by atoms with Crippen molar-refractivity contribution in [2.24, 2.45) is 23.7 Å². The van der Waals surface area contributed by atoms with E-state index < -0.39 is 25.0 Å². The van der Waals surface area contributed by atoms with Crippen LogP contribution in [0.15, 0.2) is 30.4 Å². The number of esters is 1. The molecule has 2 fully saturated rings. The van der Waals surface area contributed by atoms with Crippen LogP contribution in [0.4, 0.5) is 5.69 Å². The van der Waals surface area contributed by atoms with Gasteiger partial charge in [-0.15, -0.1) is 0 Å². The zero-order valence-electron chi connectivity index (χ0n) is 15.2. The van der Waals surface area contributed by atoms with Crippen LogP contribution >= 0.6 is 11.6 Å². The lowest BCUT2D eigenvalue weighted by atomic mass is 9.85. The van der Waals surface area contributed by atoms with Gasteiger partial charge in [0.2, 0.25) is 11.8 Å². The van der Waals surface area contributed by atoms with E-state index >= 15 is 0 Å². The molecule has 0 radical (unpaired) electrons. The molecule has 1 aromatic carbocycles. The lowest BCUT2D eigenvalue weighted by molar-refractivity contribution is -0.154. The monoisotopic (exact) mass is 402 g/mol. The van der Waals surface area contributed by atoms with Crippen LogP contribution in [0.5, 0.6) is 0 Å². The fourth-order valence-electron chi connectivity index (χ4n) is 4.37. The molecule has 1 aromatic rings. The maximum Gasteiger partial charge on any atom is 0.326 e. The highest BCUT2D eigenvalue weighted by molar-refractivity contribution is 6.31. The second-order valence-electron chi connectivity index (χ2n) is 7.38. The number of halogens is 1. The number of rotatable bonds is 5. The van der Waals surface area contributed by atoms with E-state index in [0.29, 0.717) is 16.3 Å². The molecule has 1 N–H and O–H groups in total. The number of allylic oxidation sites excluding steroid dienone is 2. The molecule has 2 bridgehead atoms. The van der Waals surface area contributed by atoms with Crippen LogP contribution in [0.25, 0.3) is 0 Å². The van der Waals surface area contributed by atoms with Crippen LogP contribution in [-0.2, 0) is 23.9 Å². The Bertz CT molecular complexity index is 882. The topological polar surface area (TPSA) is 92.8 Å². The number of carbonyl (C=O) groups excluding carboxylic acids is 4. The van der Waals surface area contributed by atoms with Crippen LogP contribution in [-0.4, -0.2) is 41.7 Å². The number of fused-ring (bicyclic) bond motifs is 5. The average Bonchev–Trinajstić information content (AvgIpc) is 3.34. The van der Waals surface area contributed by atoms with Crippen molar-refractivity contribution in [1.29, 1.82) is 0 Å². The number of anilines is 1. The summed E-state index contributed by atoms with van der Waals surface area (Å²) in [6.07, 6.45) is 4.80. The number of carbonyl (C=O) groups is 4. The van der Waals surface area contributed by atoms with Gasteiger partial charge in [0.1, 0.15) is 6.54 Å². The molecule has 1 aliphatic heterocycles. The van der Waals surface area contributed by atoms with Crippen molar-refractivity contribution in [3.05, 3.63) is 40.9 Å². The molecule has 146 valence electrons. The minimum absolute atomic E-state index is 0.0826. The molecule has 8 heteroatoms. The third-order valence-corrected chi connectivity index (χ3v) is 6.16. The van der Waals surface area contributed by atoms with E-state index in [2.05, 4.69) is 5.32 Å².